The normalized spacial score (nSPS) is 19.8. The Morgan fingerprint density at radius 1 is 1.50 bits per heavy atom. The molecule has 0 aromatic heterocycles. The lowest BCUT2D eigenvalue weighted by Gasteiger charge is -2.21. The molecule has 0 atom stereocenters. The van der Waals surface area contributed by atoms with Crippen molar-refractivity contribution in [3.05, 3.63) is 18.1 Å². The van der Waals surface area contributed by atoms with Crippen molar-refractivity contribution in [1.82, 2.24) is 0 Å². The molecule has 0 aliphatic heterocycles. The predicted octanol–water partition coefficient (Wildman–Crippen LogP) is 2.57. The molecule has 1 radical (unpaired) electrons. The summed E-state index contributed by atoms with van der Waals surface area (Å²) in [5, 5.41) is 0. The van der Waals surface area contributed by atoms with Gasteiger partial charge in [-0.15, -0.1) is 0 Å². The average molecular weight is 109 g/mol. The van der Waals surface area contributed by atoms with Gasteiger partial charge in [0.05, 0.1) is 0 Å². The van der Waals surface area contributed by atoms with E-state index in [9.17, 15) is 0 Å². The van der Waals surface area contributed by atoms with Crippen LogP contribution in [0.4, 0.5) is 0 Å². The zero-order valence-corrected chi connectivity index (χ0v) is 5.65. The Hall–Kier alpha value is -0.260. The van der Waals surface area contributed by atoms with E-state index in [2.05, 4.69) is 26.3 Å². The number of rotatable bonds is 1. The average Bonchev–Trinajstić information content (AvgIpc) is 1.55. The van der Waals surface area contributed by atoms with Gasteiger partial charge in [-0.1, -0.05) is 11.6 Å². The molecule has 1 fully saturated rings. The maximum Gasteiger partial charge on any atom is -0.0226 e. The van der Waals surface area contributed by atoms with Crippen LogP contribution in [0.1, 0.15) is 26.7 Å². The van der Waals surface area contributed by atoms with Crippen molar-refractivity contribution < 1.29 is 0 Å². The van der Waals surface area contributed by atoms with Crippen LogP contribution in [-0.4, -0.2) is 0 Å². The number of hydrogen-bond donors (Lipinski definition) is 0. The van der Waals surface area contributed by atoms with Gasteiger partial charge in [-0.05, 0) is 39.0 Å². The molecule has 1 aliphatic carbocycles. The van der Waals surface area contributed by atoms with E-state index in [-0.39, 0.29) is 0 Å². The second kappa shape index (κ2) is 2.34. The molecular weight excluding hydrogens is 96.1 g/mol. The minimum absolute atomic E-state index is 0.889. The van der Waals surface area contributed by atoms with E-state index in [1.54, 1.807) is 0 Å². The highest BCUT2D eigenvalue weighted by molar-refractivity contribution is 5.04. The monoisotopic (exact) mass is 109 g/mol. The van der Waals surface area contributed by atoms with Gasteiger partial charge < -0.3 is 0 Å². The summed E-state index contributed by atoms with van der Waals surface area (Å²) in [5.41, 5.74) is 1.46. The lowest BCUT2D eigenvalue weighted by atomic mass is 9.84. The molecule has 0 spiro atoms. The number of allylic oxidation sites excluding steroid dienone is 2. The van der Waals surface area contributed by atoms with Crippen molar-refractivity contribution in [3.63, 3.8) is 0 Å². The van der Waals surface area contributed by atoms with Crippen molar-refractivity contribution in [1.29, 1.82) is 0 Å². The molecular formula is C8H13. The first-order valence-corrected chi connectivity index (χ1v) is 3.26. The van der Waals surface area contributed by atoms with Gasteiger partial charge >= 0.3 is 0 Å². The fourth-order valence-corrected chi connectivity index (χ4v) is 0.967. The molecule has 0 aromatic carbocycles. The minimum Gasteiger partial charge on any atom is -0.0827 e. The van der Waals surface area contributed by atoms with Gasteiger partial charge in [0.25, 0.3) is 0 Å². The second-order valence-electron chi connectivity index (χ2n) is 2.76. The number of hydrogen-bond acceptors (Lipinski definition) is 0. The molecule has 0 unspecified atom stereocenters. The van der Waals surface area contributed by atoms with Crippen LogP contribution in [0.5, 0.6) is 0 Å². The summed E-state index contributed by atoms with van der Waals surface area (Å²) in [5.74, 6) is 0.889. The summed E-state index contributed by atoms with van der Waals surface area (Å²) < 4.78 is 0. The van der Waals surface area contributed by atoms with Gasteiger partial charge in [-0.25, -0.2) is 0 Å². The van der Waals surface area contributed by atoms with Crippen LogP contribution in [0, 0.1) is 12.3 Å². The first kappa shape index (κ1) is 5.87. The van der Waals surface area contributed by atoms with Crippen molar-refractivity contribution >= 4 is 0 Å². The molecule has 1 saturated carbocycles. The Morgan fingerprint density at radius 3 is 2.25 bits per heavy atom. The fourth-order valence-electron chi connectivity index (χ4n) is 0.967. The first-order chi connectivity index (χ1) is 3.79. The van der Waals surface area contributed by atoms with Crippen LogP contribution in [0.15, 0.2) is 11.6 Å². The van der Waals surface area contributed by atoms with Crippen LogP contribution in [0.25, 0.3) is 0 Å². The van der Waals surface area contributed by atoms with Crippen LogP contribution in [0.3, 0.4) is 0 Å². The van der Waals surface area contributed by atoms with Gasteiger partial charge in [0, 0.05) is 0 Å². The molecule has 0 nitrogen and oxygen atoms in total. The lowest BCUT2D eigenvalue weighted by Crippen LogP contribution is -2.08. The Balaban J connectivity index is 2.27. The minimum atomic E-state index is 0.889. The van der Waals surface area contributed by atoms with E-state index in [0.717, 1.165) is 5.92 Å². The van der Waals surface area contributed by atoms with Gasteiger partial charge in [0.15, 0.2) is 0 Å². The highest BCUT2D eigenvalue weighted by atomic mass is 14.2. The molecule has 0 heteroatoms. The quantitative estimate of drug-likeness (QED) is 0.454. The van der Waals surface area contributed by atoms with Gasteiger partial charge in [0.2, 0.25) is 0 Å². The third-order valence-corrected chi connectivity index (χ3v) is 1.51. The largest absolute Gasteiger partial charge is 0.0827 e. The maximum absolute atomic E-state index is 2.36. The molecule has 0 heterocycles. The van der Waals surface area contributed by atoms with E-state index in [1.807, 2.05) is 0 Å². The van der Waals surface area contributed by atoms with Crippen molar-refractivity contribution in [2.45, 2.75) is 26.7 Å². The fraction of sp³-hybridized carbons (Fsp3) is 0.625. The van der Waals surface area contributed by atoms with E-state index >= 15 is 0 Å². The Labute approximate surface area is 51.6 Å². The highest BCUT2D eigenvalue weighted by Crippen LogP contribution is 2.27. The third-order valence-electron chi connectivity index (χ3n) is 1.51. The summed E-state index contributed by atoms with van der Waals surface area (Å²) in [4.78, 5) is 0. The topological polar surface area (TPSA) is 0 Å². The van der Waals surface area contributed by atoms with Gasteiger partial charge in [-0.3, -0.25) is 0 Å². The predicted molar refractivity (Wildman–Crippen MR) is 36.5 cm³/mol. The zero-order chi connectivity index (χ0) is 5.98. The third kappa shape index (κ3) is 1.36. The molecule has 0 amide bonds. The molecule has 0 bridgehead atoms. The molecule has 45 valence electrons. The standard InChI is InChI=1S/C8H13/c1-7(2)6-8-4-3-5-8/h3,6,8H,4-5H2,1-2H3. The summed E-state index contributed by atoms with van der Waals surface area (Å²) in [7, 11) is 0. The molecule has 0 saturated heterocycles. The molecule has 8 heavy (non-hydrogen) atoms. The Bertz CT molecular complexity index is 92.6. The van der Waals surface area contributed by atoms with E-state index < -0.39 is 0 Å². The van der Waals surface area contributed by atoms with Crippen molar-refractivity contribution in [3.8, 4) is 0 Å². The highest BCUT2D eigenvalue weighted by Gasteiger charge is 2.13. The summed E-state index contributed by atoms with van der Waals surface area (Å²) in [6.45, 7) is 4.33. The Kier molecular flexibility index (Phi) is 1.72. The van der Waals surface area contributed by atoms with Gasteiger partial charge in [0.1, 0.15) is 0 Å². The SMILES string of the molecule is CC(C)=CC1C[CH]C1. The van der Waals surface area contributed by atoms with Crippen LogP contribution in [0.2, 0.25) is 0 Å². The molecule has 0 N–H and O–H groups in total. The van der Waals surface area contributed by atoms with Gasteiger partial charge in [-0.2, -0.15) is 0 Å². The van der Waals surface area contributed by atoms with E-state index in [0.29, 0.717) is 0 Å². The molecule has 0 aromatic rings. The summed E-state index contributed by atoms with van der Waals surface area (Å²) in [6, 6.07) is 0. The molecule has 1 rings (SSSR count). The second-order valence-corrected chi connectivity index (χ2v) is 2.76. The van der Waals surface area contributed by atoms with E-state index in [1.165, 1.54) is 18.4 Å². The van der Waals surface area contributed by atoms with E-state index in [4.69, 9.17) is 0 Å². The molecule has 1 aliphatic rings. The summed E-state index contributed by atoms with van der Waals surface area (Å²) >= 11 is 0. The Morgan fingerprint density at radius 2 is 2.12 bits per heavy atom. The van der Waals surface area contributed by atoms with Crippen LogP contribution in [-0.2, 0) is 0 Å². The van der Waals surface area contributed by atoms with Crippen LogP contribution >= 0.6 is 0 Å². The van der Waals surface area contributed by atoms with Crippen molar-refractivity contribution in [2.24, 2.45) is 5.92 Å². The zero-order valence-electron chi connectivity index (χ0n) is 5.65. The summed E-state index contributed by atoms with van der Waals surface area (Å²) in [6.07, 6.45) is 7.32. The first-order valence-electron chi connectivity index (χ1n) is 3.26. The smallest absolute Gasteiger partial charge is 0.0226 e. The lowest BCUT2D eigenvalue weighted by molar-refractivity contribution is 0.502. The van der Waals surface area contributed by atoms with Crippen molar-refractivity contribution in [2.75, 3.05) is 0 Å². The van der Waals surface area contributed by atoms with Crippen LogP contribution < -0.4 is 0 Å². The maximum atomic E-state index is 2.36.